The van der Waals surface area contributed by atoms with E-state index in [0.717, 1.165) is 16.8 Å². The number of amides is 2. The molecular weight excluding hydrogens is 601 g/mol. The fraction of sp³-hybridized carbons (Fsp3) is 0.290. The number of anilines is 1. The van der Waals surface area contributed by atoms with E-state index in [1.165, 1.54) is 40.3 Å². The van der Waals surface area contributed by atoms with Crippen molar-refractivity contribution in [3.05, 3.63) is 89.2 Å². The van der Waals surface area contributed by atoms with Gasteiger partial charge in [-0.05, 0) is 67.4 Å². The molecule has 4 rings (SSSR count). The molecule has 2 amide bonds. The van der Waals surface area contributed by atoms with Crippen LogP contribution in [0.4, 0.5) is 5.69 Å². The Bertz CT molecular complexity index is 1730. The Morgan fingerprint density at radius 3 is 2.36 bits per heavy atom. The van der Waals surface area contributed by atoms with Gasteiger partial charge in [0.25, 0.3) is 5.91 Å². The molecule has 13 heteroatoms. The lowest BCUT2D eigenvalue weighted by molar-refractivity contribution is -0.113. The lowest BCUT2D eigenvalue weighted by Gasteiger charge is -2.18. The summed E-state index contributed by atoms with van der Waals surface area (Å²) in [6.45, 7) is 8.17. The fourth-order valence-corrected chi connectivity index (χ4v) is 6.73. The Labute approximate surface area is 262 Å². The standard InChI is InChI=1S/C31H36N6O5S2/c1-6-36(7-2)44(40,41)24-16-14-23(15-17-24)30(39)32-19-28-34-35-31(37(28)26-10-8-9-11-27(26)42-5)43-20-29(38)33-25-18-21(3)12-13-22(25)4/h8-18H,6-7,19-20H2,1-5H3,(H,32,39)(H,33,38). The summed E-state index contributed by atoms with van der Waals surface area (Å²) in [7, 11) is -2.08. The van der Waals surface area contributed by atoms with Gasteiger partial charge in [0.1, 0.15) is 5.75 Å². The molecular formula is C31H36N6O5S2. The highest BCUT2D eigenvalue weighted by atomic mass is 32.2. The number of ether oxygens (including phenoxy) is 1. The first-order valence-corrected chi connectivity index (χ1v) is 16.5. The molecule has 1 aromatic heterocycles. The highest BCUT2D eigenvalue weighted by molar-refractivity contribution is 7.99. The second-order valence-corrected chi connectivity index (χ2v) is 12.7. The molecule has 4 aromatic rings. The maximum atomic E-state index is 13.0. The predicted octanol–water partition coefficient (Wildman–Crippen LogP) is 4.58. The molecule has 11 nitrogen and oxygen atoms in total. The van der Waals surface area contributed by atoms with Gasteiger partial charge >= 0.3 is 0 Å². The van der Waals surface area contributed by atoms with Crippen LogP contribution in [0.5, 0.6) is 5.75 Å². The first-order chi connectivity index (χ1) is 21.1. The number of aromatic nitrogens is 3. The zero-order valence-electron chi connectivity index (χ0n) is 25.3. The number of aryl methyl sites for hydroxylation is 2. The van der Waals surface area contributed by atoms with E-state index >= 15 is 0 Å². The lowest BCUT2D eigenvalue weighted by atomic mass is 10.1. The van der Waals surface area contributed by atoms with Crippen molar-refractivity contribution in [2.75, 3.05) is 31.3 Å². The first-order valence-electron chi connectivity index (χ1n) is 14.0. The number of nitrogens with one attached hydrogen (secondary N) is 2. The molecule has 0 aliphatic rings. The highest BCUT2D eigenvalue weighted by Gasteiger charge is 2.23. The van der Waals surface area contributed by atoms with Crippen LogP contribution in [-0.2, 0) is 21.4 Å². The van der Waals surface area contributed by atoms with Crippen LogP contribution < -0.4 is 15.4 Å². The van der Waals surface area contributed by atoms with Gasteiger partial charge in [0.2, 0.25) is 15.9 Å². The first kappa shape index (κ1) is 32.7. The maximum absolute atomic E-state index is 13.0. The third kappa shape index (κ3) is 7.47. The second-order valence-electron chi connectivity index (χ2n) is 9.86. The van der Waals surface area contributed by atoms with Crippen molar-refractivity contribution in [1.29, 1.82) is 0 Å². The van der Waals surface area contributed by atoms with Crippen molar-refractivity contribution in [3.8, 4) is 11.4 Å². The van der Waals surface area contributed by atoms with Crippen LogP contribution in [-0.4, -0.2) is 65.3 Å². The summed E-state index contributed by atoms with van der Waals surface area (Å²) >= 11 is 1.21. The SMILES string of the molecule is CCN(CC)S(=O)(=O)c1ccc(C(=O)NCc2nnc(SCC(=O)Nc3cc(C)ccc3C)n2-c2ccccc2OC)cc1. The number of carbonyl (C=O) groups is 2. The van der Waals surface area contributed by atoms with E-state index in [1.807, 2.05) is 50.2 Å². The number of nitrogens with zero attached hydrogens (tertiary/aromatic N) is 4. The van der Waals surface area contributed by atoms with Gasteiger partial charge in [-0.25, -0.2) is 8.42 Å². The summed E-state index contributed by atoms with van der Waals surface area (Å²) in [6, 6.07) is 19.0. The average Bonchev–Trinajstić information content (AvgIpc) is 3.43. The zero-order chi connectivity index (χ0) is 31.9. The van der Waals surface area contributed by atoms with E-state index in [-0.39, 0.29) is 23.1 Å². The van der Waals surface area contributed by atoms with Gasteiger partial charge in [0.15, 0.2) is 11.0 Å². The number of sulfonamides is 1. The van der Waals surface area contributed by atoms with Gasteiger partial charge in [0, 0.05) is 24.3 Å². The molecule has 44 heavy (non-hydrogen) atoms. The summed E-state index contributed by atoms with van der Waals surface area (Å²) in [5.74, 6) is 0.455. The number of thioether (sulfide) groups is 1. The third-order valence-corrected chi connectivity index (χ3v) is 9.89. The van der Waals surface area contributed by atoms with Crippen molar-refractivity contribution >= 4 is 39.3 Å². The van der Waals surface area contributed by atoms with Gasteiger partial charge in [-0.3, -0.25) is 14.2 Å². The smallest absolute Gasteiger partial charge is 0.251 e. The van der Waals surface area contributed by atoms with E-state index in [9.17, 15) is 18.0 Å². The van der Waals surface area contributed by atoms with Crippen LogP contribution in [0, 0.1) is 13.8 Å². The minimum atomic E-state index is -3.64. The number of benzene rings is 3. The second kappa shape index (κ2) is 14.5. The normalized spacial score (nSPS) is 11.4. The Morgan fingerprint density at radius 2 is 1.68 bits per heavy atom. The van der Waals surface area contributed by atoms with Crippen LogP contribution >= 0.6 is 11.8 Å². The molecule has 0 saturated heterocycles. The summed E-state index contributed by atoms with van der Waals surface area (Å²) in [5.41, 5.74) is 3.70. The van der Waals surface area contributed by atoms with Crippen molar-refractivity contribution in [1.82, 2.24) is 24.4 Å². The lowest BCUT2D eigenvalue weighted by Crippen LogP contribution is -2.30. The van der Waals surface area contributed by atoms with Crippen LogP contribution in [0.2, 0.25) is 0 Å². The summed E-state index contributed by atoms with van der Waals surface area (Å²) in [4.78, 5) is 26.0. The Balaban J connectivity index is 1.52. The van der Waals surface area contributed by atoms with Crippen LogP contribution in [0.15, 0.2) is 76.8 Å². The molecule has 232 valence electrons. The Morgan fingerprint density at radius 1 is 0.977 bits per heavy atom. The molecule has 0 saturated carbocycles. The van der Waals surface area contributed by atoms with E-state index in [1.54, 1.807) is 31.6 Å². The van der Waals surface area contributed by atoms with E-state index < -0.39 is 15.9 Å². The van der Waals surface area contributed by atoms with Crippen molar-refractivity contribution in [3.63, 3.8) is 0 Å². The monoisotopic (exact) mass is 636 g/mol. The highest BCUT2D eigenvalue weighted by Crippen LogP contribution is 2.29. The minimum absolute atomic E-state index is 0.0125. The maximum Gasteiger partial charge on any atom is 0.251 e. The quantitative estimate of drug-likeness (QED) is 0.204. The molecule has 0 spiro atoms. The largest absolute Gasteiger partial charge is 0.495 e. The van der Waals surface area contributed by atoms with E-state index in [0.29, 0.717) is 41.1 Å². The zero-order valence-corrected chi connectivity index (χ0v) is 27.0. The third-order valence-electron chi connectivity index (χ3n) is 6.89. The number of carbonyl (C=O) groups excluding carboxylic acids is 2. The van der Waals surface area contributed by atoms with Gasteiger partial charge in [-0.2, -0.15) is 4.31 Å². The van der Waals surface area contributed by atoms with Crippen LogP contribution in [0.25, 0.3) is 5.69 Å². The topological polar surface area (TPSA) is 136 Å². The summed E-state index contributed by atoms with van der Waals surface area (Å²) < 4.78 is 34.3. The van der Waals surface area contributed by atoms with E-state index in [2.05, 4.69) is 20.8 Å². The number of methoxy groups -OCH3 is 1. The summed E-state index contributed by atoms with van der Waals surface area (Å²) in [5, 5.41) is 14.9. The fourth-order valence-electron chi connectivity index (χ4n) is 4.50. The van der Waals surface area contributed by atoms with Gasteiger partial charge in [0.05, 0.1) is 30.0 Å². The molecule has 0 aliphatic heterocycles. The molecule has 0 aliphatic carbocycles. The number of hydrogen-bond donors (Lipinski definition) is 2. The van der Waals surface area contributed by atoms with Crippen molar-refractivity contribution in [2.24, 2.45) is 0 Å². The number of rotatable bonds is 13. The van der Waals surface area contributed by atoms with Gasteiger partial charge < -0.3 is 15.4 Å². The van der Waals surface area contributed by atoms with Crippen molar-refractivity contribution < 1.29 is 22.7 Å². The van der Waals surface area contributed by atoms with E-state index in [4.69, 9.17) is 4.74 Å². The molecule has 0 atom stereocenters. The number of hydrogen-bond acceptors (Lipinski definition) is 8. The van der Waals surface area contributed by atoms with Gasteiger partial charge in [-0.1, -0.05) is 49.9 Å². The number of para-hydroxylation sites is 2. The molecule has 2 N–H and O–H groups in total. The Kier molecular flexibility index (Phi) is 10.8. The molecule has 3 aromatic carbocycles. The molecule has 0 fully saturated rings. The molecule has 0 bridgehead atoms. The molecule has 1 heterocycles. The van der Waals surface area contributed by atoms with Gasteiger partial charge in [-0.15, -0.1) is 10.2 Å². The van der Waals surface area contributed by atoms with Crippen LogP contribution in [0.1, 0.15) is 41.2 Å². The predicted molar refractivity (Wildman–Crippen MR) is 171 cm³/mol. The Hall–Kier alpha value is -4.20. The minimum Gasteiger partial charge on any atom is -0.495 e. The van der Waals surface area contributed by atoms with Crippen molar-refractivity contribution in [2.45, 2.75) is 44.3 Å². The van der Waals surface area contributed by atoms with Crippen LogP contribution in [0.3, 0.4) is 0 Å². The molecule has 0 unspecified atom stereocenters. The average molecular weight is 637 g/mol. The molecule has 0 radical (unpaired) electrons. The summed E-state index contributed by atoms with van der Waals surface area (Å²) in [6.07, 6.45) is 0.